The van der Waals surface area contributed by atoms with Gasteiger partial charge in [0.15, 0.2) is 0 Å². The third-order valence-electron chi connectivity index (χ3n) is 2.91. The maximum absolute atomic E-state index is 13.9. The Morgan fingerprint density at radius 3 is 2.95 bits per heavy atom. The van der Waals surface area contributed by atoms with E-state index < -0.39 is 6.09 Å². The molecule has 2 rings (SSSR count). The molecule has 104 valence electrons. The zero-order valence-corrected chi connectivity index (χ0v) is 11.5. The first-order valence-electron chi connectivity index (χ1n) is 6.17. The van der Waals surface area contributed by atoms with Crippen molar-refractivity contribution in [1.29, 1.82) is 0 Å². The van der Waals surface area contributed by atoms with Crippen molar-refractivity contribution in [3.63, 3.8) is 0 Å². The molecule has 0 bridgehead atoms. The molecule has 1 heterocycles. The van der Waals surface area contributed by atoms with Gasteiger partial charge >= 0.3 is 6.09 Å². The van der Waals surface area contributed by atoms with E-state index in [1.165, 1.54) is 22.7 Å². The molecule has 1 N–H and O–H groups in total. The Morgan fingerprint density at radius 2 is 2.37 bits per heavy atom. The second kappa shape index (κ2) is 6.25. The van der Waals surface area contributed by atoms with E-state index in [0.717, 1.165) is 6.42 Å². The van der Waals surface area contributed by atoms with E-state index in [9.17, 15) is 9.18 Å². The number of carbonyl (C=O) groups is 1. The van der Waals surface area contributed by atoms with Crippen LogP contribution in [0.25, 0.3) is 0 Å². The standard InChI is InChI=1S/C13H16FNO3S/c1-2-10-8-15(13(17)18-10)9-3-4-12(11(14)7-9)19-6-5-16/h3-4,7,10,16H,2,5-6,8H2,1H3/t10-/m0/s1. The predicted molar refractivity (Wildman–Crippen MR) is 72.1 cm³/mol. The molecular weight excluding hydrogens is 269 g/mol. The molecule has 1 atom stereocenters. The van der Waals surface area contributed by atoms with E-state index >= 15 is 0 Å². The van der Waals surface area contributed by atoms with Gasteiger partial charge in [0.25, 0.3) is 0 Å². The van der Waals surface area contributed by atoms with E-state index in [1.54, 1.807) is 12.1 Å². The Morgan fingerprint density at radius 1 is 1.58 bits per heavy atom. The minimum absolute atomic E-state index is 0.00247. The molecule has 6 heteroatoms. The quantitative estimate of drug-likeness (QED) is 0.845. The highest BCUT2D eigenvalue weighted by Crippen LogP contribution is 2.28. The molecule has 19 heavy (non-hydrogen) atoms. The Hall–Kier alpha value is -1.27. The number of cyclic esters (lactones) is 1. The van der Waals surface area contributed by atoms with Crippen molar-refractivity contribution < 1.29 is 19.0 Å². The van der Waals surface area contributed by atoms with Gasteiger partial charge in [0.05, 0.1) is 18.8 Å². The zero-order valence-electron chi connectivity index (χ0n) is 10.6. The van der Waals surface area contributed by atoms with Crippen LogP contribution in [0.2, 0.25) is 0 Å². The number of halogens is 1. The fourth-order valence-corrected chi connectivity index (χ4v) is 2.55. The Kier molecular flexibility index (Phi) is 4.66. The molecule has 1 fully saturated rings. The van der Waals surface area contributed by atoms with Gasteiger partial charge in [-0.05, 0) is 24.6 Å². The van der Waals surface area contributed by atoms with E-state index in [2.05, 4.69) is 0 Å². The molecule has 0 unspecified atom stereocenters. The molecule has 1 saturated heterocycles. The van der Waals surface area contributed by atoms with Gasteiger partial charge < -0.3 is 9.84 Å². The first-order valence-corrected chi connectivity index (χ1v) is 7.15. The van der Waals surface area contributed by atoms with Crippen LogP contribution < -0.4 is 4.90 Å². The molecule has 0 radical (unpaired) electrons. The number of aliphatic hydroxyl groups excluding tert-OH is 1. The summed E-state index contributed by atoms with van der Waals surface area (Å²) in [5.74, 6) is 0.0589. The van der Waals surface area contributed by atoms with E-state index in [1.807, 2.05) is 6.92 Å². The molecule has 0 saturated carbocycles. The lowest BCUT2D eigenvalue weighted by Gasteiger charge is -2.14. The van der Waals surface area contributed by atoms with Crippen LogP contribution >= 0.6 is 11.8 Å². The van der Waals surface area contributed by atoms with Crippen LogP contribution in [0.4, 0.5) is 14.9 Å². The second-order valence-electron chi connectivity index (χ2n) is 4.21. The molecule has 0 aliphatic carbocycles. The largest absolute Gasteiger partial charge is 0.444 e. The van der Waals surface area contributed by atoms with Crippen LogP contribution in [0.3, 0.4) is 0 Å². The molecule has 1 aliphatic rings. The average molecular weight is 285 g/mol. The fraction of sp³-hybridized carbons (Fsp3) is 0.462. The monoisotopic (exact) mass is 285 g/mol. The molecule has 1 aromatic carbocycles. The molecule has 4 nitrogen and oxygen atoms in total. The van der Waals surface area contributed by atoms with Gasteiger partial charge in [-0.3, -0.25) is 4.90 Å². The number of rotatable bonds is 5. The minimum atomic E-state index is -0.429. The summed E-state index contributed by atoms with van der Waals surface area (Å²) in [6.07, 6.45) is 0.191. The van der Waals surface area contributed by atoms with E-state index in [-0.39, 0.29) is 18.5 Å². The van der Waals surface area contributed by atoms with Gasteiger partial charge in [-0.2, -0.15) is 0 Å². The lowest BCUT2D eigenvalue weighted by molar-refractivity contribution is 0.139. The van der Waals surface area contributed by atoms with Crippen molar-refractivity contribution >= 4 is 23.5 Å². The van der Waals surface area contributed by atoms with Crippen LogP contribution in [-0.2, 0) is 4.74 Å². The van der Waals surface area contributed by atoms with Gasteiger partial charge in [0.2, 0.25) is 0 Å². The summed E-state index contributed by atoms with van der Waals surface area (Å²) in [6, 6.07) is 4.65. The maximum atomic E-state index is 13.9. The summed E-state index contributed by atoms with van der Waals surface area (Å²) in [5.41, 5.74) is 0.506. The third-order valence-corrected chi connectivity index (χ3v) is 3.93. The summed E-state index contributed by atoms with van der Waals surface area (Å²) >= 11 is 1.24. The topological polar surface area (TPSA) is 49.8 Å². The molecule has 0 aromatic heterocycles. The number of carbonyl (C=O) groups excluding carboxylic acids is 1. The number of ether oxygens (including phenoxy) is 1. The maximum Gasteiger partial charge on any atom is 0.414 e. The lowest BCUT2D eigenvalue weighted by Crippen LogP contribution is -2.24. The van der Waals surface area contributed by atoms with Crippen molar-refractivity contribution in [1.82, 2.24) is 0 Å². The highest BCUT2D eigenvalue weighted by atomic mass is 32.2. The van der Waals surface area contributed by atoms with Gasteiger partial charge in [-0.1, -0.05) is 6.92 Å². The number of amides is 1. The molecule has 0 spiro atoms. The normalized spacial score (nSPS) is 18.8. The van der Waals surface area contributed by atoms with Crippen LogP contribution in [0.5, 0.6) is 0 Å². The fourth-order valence-electron chi connectivity index (χ4n) is 1.88. The molecule has 1 aromatic rings. The number of anilines is 1. The second-order valence-corrected chi connectivity index (χ2v) is 5.35. The Labute approximate surface area is 115 Å². The van der Waals surface area contributed by atoms with Crippen molar-refractivity contribution in [2.75, 3.05) is 23.8 Å². The number of thioether (sulfide) groups is 1. The molecule has 1 amide bonds. The summed E-state index contributed by atoms with van der Waals surface area (Å²) in [6.45, 7) is 2.40. The van der Waals surface area contributed by atoms with Crippen molar-refractivity contribution in [2.45, 2.75) is 24.3 Å². The zero-order chi connectivity index (χ0) is 13.8. The third kappa shape index (κ3) is 3.19. The summed E-state index contributed by atoms with van der Waals surface area (Å²) in [5, 5.41) is 8.72. The smallest absolute Gasteiger partial charge is 0.414 e. The number of hydrogen-bond donors (Lipinski definition) is 1. The first kappa shape index (κ1) is 14.1. The van der Waals surface area contributed by atoms with E-state index in [4.69, 9.17) is 9.84 Å². The number of aliphatic hydroxyl groups is 1. The van der Waals surface area contributed by atoms with Crippen LogP contribution in [0.15, 0.2) is 23.1 Å². The van der Waals surface area contributed by atoms with Crippen LogP contribution in [-0.4, -0.2) is 36.2 Å². The molecular formula is C13H16FNO3S. The van der Waals surface area contributed by atoms with Gasteiger partial charge in [-0.25, -0.2) is 9.18 Å². The number of nitrogens with zero attached hydrogens (tertiary/aromatic N) is 1. The Bertz CT molecular complexity index is 469. The summed E-state index contributed by atoms with van der Waals surface area (Å²) < 4.78 is 19.0. The van der Waals surface area contributed by atoms with Gasteiger partial charge in [0, 0.05) is 10.6 Å². The SMILES string of the molecule is CC[C@H]1CN(c2ccc(SCCO)c(F)c2)C(=O)O1. The number of hydrogen-bond acceptors (Lipinski definition) is 4. The van der Waals surface area contributed by atoms with Crippen molar-refractivity contribution in [2.24, 2.45) is 0 Å². The highest BCUT2D eigenvalue weighted by molar-refractivity contribution is 7.99. The Balaban J connectivity index is 2.13. The summed E-state index contributed by atoms with van der Waals surface area (Å²) in [4.78, 5) is 13.6. The highest BCUT2D eigenvalue weighted by Gasteiger charge is 2.31. The van der Waals surface area contributed by atoms with E-state index in [0.29, 0.717) is 22.9 Å². The molecule has 1 aliphatic heterocycles. The number of benzene rings is 1. The summed E-state index contributed by atoms with van der Waals surface area (Å²) in [7, 11) is 0. The first-order chi connectivity index (χ1) is 9.15. The predicted octanol–water partition coefficient (Wildman–Crippen LogP) is 2.65. The minimum Gasteiger partial charge on any atom is -0.444 e. The lowest BCUT2D eigenvalue weighted by atomic mass is 10.2. The van der Waals surface area contributed by atoms with Crippen LogP contribution in [0, 0.1) is 5.82 Å². The van der Waals surface area contributed by atoms with Crippen LogP contribution in [0.1, 0.15) is 13.3 Å². The van der Waals surface area contributed by atoms with Crippen molar-refractivity contribution in [3.05, 3.63) is 24.0 Å². The average Bonchev–Trinajstić information content (AvgIpc) is 2.78. The van der Waals surface area contributed by atoms with Gasteiger partial charge in [0.1, 0.15) is 11.9 Å². The van der Waals surface area contributed by atoms with Crippen molar-refractivity contribution in [3.8, 4) is 0 Å². The van der Waals surface area contributed by atoms with Gasteiger partial charge in [-0.15, -0.1) is 11.8 Å².